The number of phosphoric acid groups is 3. The van der Waals surface area contributed by atoms with Gasteiger partial charge in [-0.15, -0.1) is 0 Å². The number of nitrogen functional groups attached to an aromatic ring is 2. The molecular weight excluding hydrogens is 1870 g/mol. The number of hydrogen-bond acceptors (Lipinski definition) is 41. The van der Waals surface area contributed by atoms with Crippen LogP contribution in [0.2, 0.25) is 0 Å². The molecule has 12 N–H and O–H groups in total. The van der Waals surface area contributed by atoms with E-state index in [1.165, 1.54) is 119 Å². The minimum absolute atomic E-state index is 0.0363. The molecule has 7 aliphatic heterocycles. The number of imidazole rings is 2. The summed E-state index contributed by atoms with van der Waals surface area (Å²) in [4.78, 5) is 153. The fourth-order valence-corrected chi connectivity index (χ4v) is 20.5. The van der Waals surface area contributed by atoms with Crippen molar-refractivity contribution in [1.82, 2.24) is 58.8 Å². The third kappa shape index (κ3) is 32.4. The first-order valence-corrected chi connectivity index (χ1v) is 51.0. The maximum Gasteiger partial charge on any atom is 0.483 e. The van der Waals surface area contributed by atoms with Gasteiger partial charge in [0.1, 0.15) is 85.7 Å². The molecule has 0 radical (unpaired) electrons. The minimum atomic E-state index is -5.64. The molecule has 11 heterocycles. The van der Waals surface area contributed by atoms with Crippen LogP contribution in [0.4, 0.5) is 11.6 Å². The molecule has 51 nitrogen and oxygen atoms in total. The Bertz CT molecular complexity index is 4740. The molecule has 0 spiro atoms. The lowest BCUT2D eigenvalue weighted by molar-refractivity contribution is -0.271. The second-order valence-electron chi connectivity index (χ2n) is 34.1. The van der Waals surface area contributed by atoms with Crippen molar-refractivity contribution in [2.75, 3.05) is 110 Å². The summed E-state index contributed by atoms with van der Waals surface area (Å²) < 4.78 is 155. The summed E-state index contributed by atoms with van der Waals surface area (Å²) in [6, 6.07) is 1.19. The van der Waals surface area contributed by atoms with Crippen molar-refractivity contribution in [3.63, 3.8) is 0 Å². The van der Waals surface area contributed by atoms with Crippen LogP contribution in [0.15, 0.2) is 30.3 Å². The number of carbonyl (C=O) groups excluding carboxylic acids is 6. The zero-order valence-electron chi connectivity index (χ0n) is 78.5. The predicted molar refractivity (Wildman–Crippen MR) is 472 cm³/mol. The Kier molecular flexibility index (Phi) is 41.9. The zero-order valence-corrected chi connectivity index (χ0v) is 82.0. The lowest BCUT2D eigenvalue weighted by atomic mass is 9.81. The molecule has 9 aliphatic rings. The van der Waals surface area contributed by atoms with Crippen LogP contribution in [-0.2, 0) is 136 Å². The van der Waals surface area contributed by atoms with Gasteiger partial charge < -0.3 is 128 Å². The van der Waals surface area contributed by atoms with Crippen LogP contribution < -0.4 is 16.8 Å². The molecule has 9 fully saturated rings. The lowest BCUT2D eigenvalue weighted by Crippen LogP contribution is -2.56. The fourth-order valence-electron chi connectivity index (χ4n) is 16.7. The van der Waals surface area contributed by atoms with E-state index in [4.69, 9.17) is 106 Å². The van der Waals surface area contributed by atoms with Crippen LogP contribution in [0, 0.1) is 23.7 Å². The molecule has 13 rings (SSSR count). The molecule has 0 aromatic carbocycles. The molecule has 4 aromatic heterocycles. The topological polar surface area (TPSA) is 661 Å². The Morgan fingerprint density at radius 2 is 1.00 bits per heavy atom. The lowest BCUT2D eigenvalue weighted by Gasteiger charge is -2.45. The molecule has 7 saturated heterocycles. The smallest absolute Gasteiger partial charge is 0.462 e. The summed E-state index contributed by atoms with van der Waals surface area (Å²) >= 11 is 0. The van der Waals surface area contributed by atoms with Gasteiger partial charge in [0.15, 0.2) is 71.5 Å². The number of ether oxygens (including phenoxy) is 14. The first-order chi connectivity index (χ1) is 63.6. The van der Waals surface area contributed by atoms with Crippen molar-refractivity contribution in [1.29, 1.82) is 0 Å². The van der Waals surface area contributed by atoms with Gasteiger partial charge in [0, 0.05) is 85.6 Å². The van der Waals surface area contributed by atoms with Gasteiger partial charge in [-0.2, -0.15) is 4.31 Å². The van der Waals surface area contributed by atoms with Crippen molar-refractivity contribution < 1.29 is 170 Å². The number of morpholine rings is 2. The Balaban J connectivity index is 0.000000206. The van der Waals surface area contributed by atoms with Crippen LogP contribution in [-0.4, -0.2) is 332 Å². The molecule has 135 heavy (non-hydrogen) atoms. The van der Waals surface area contributed by atoms with E-state index >= 15 is 0 Å². The zero-order chi connectivity index (χ0) is 99.2. The van der Waals surface area contributed by atoms with Gasteiger partial charge in [-0.05, 0) is 71.0 Å². The third-order valence-corrected chi connectivity index (χ3v) is 28.5. The molecule has 0 bridgehead atoms. The summed E-state index contributed by atoms with van der Waals surface area (Å²) in [6.07, 6.45) is -0.183. The van der Waals surface area contributed by atoms with E-state index in [2.05, 4.69) is 74.6 Å². The summed E-state index contributed by atoms with van der Waals surface area (Å²) in [5.74, 6) is -5.89. The van der Waals surface area contributed by atoms with E-state index in [1.54, 1.807) is 52.4 Å². The Hall–Kier alpha value is -7.17. The second-order valence-corrected chi connectivity index (χ2v) is 40.1. The molecule has 4 aromatic rings. The van der Waals surface area contributed by atoms with Crippen LogP contribution >= 0.6 is 31.2 Å². The van der Waals surface area contributed by atoms with Crippen LogP contribution in [0.5, 0.6) is 0 Å². The van der Waals surface area contributed by atoms with Crippen molar-refractivity contribution in [3.05, 3.63) is 25.3 Å². The van der Waals surface area contributed by atoms with Crippen molar-refractivity contribution >= 4 is 107 Å². The molecule has 2 aliphatic carbocycles. The molecule has 55 heteroatoms. The number of nitrogens with zero attached hydrogens (tertiary/aromatic N) is 12. The van der Waals surface area contributed by atoms with Gasteiger partial charge in [-0.25, -0.2) is 57.8 Å². The number of nitrogens with one attached hydrogen (secondary N) is 1. The van der Waals surface area contributed by atoms with Crippen molar-refractivity contribution in [2.24, 2.45) is 28.7 Å². The first kappa shape index (κ1) is 111. The quantitative estimate of drug-likeness (QED) is 0.0110. The van der Waals surface area contributed by atoms with Gasteiger partial charge in [0.25, 0.3) is 0 Å². The molecular formula is C80H133N15O36P4. The number of guanidine groups is 1. The van der Waals surface area contributed by atoms with Gasteiger partial charge in [-0.3, -0.25) is 56.0 Å². The number of aromatic nitrogens is 8. The number of anilines is 2. The van der Waals surface area contributed by atoms with E-state index in [9.17, 15) is 71.9 Å². The summed E-state index contributed by atoms with van der Waals surface area (Å²) in [5.41, 5.74) is 12.9. The van der Waals surface area contributed by atoms with E-state index < -0.39 is 208 Å². The molecule has 2 saturated carbocycles. The van der Waals surface area contributed by atoms with Gasteiger partial charge in [0.05, 0.1) is 58.3 Å². The SMILES string of the molecule is C1CCC(N=C(NC2CCCCC2)N2CCOCC2)CC1.CC(=O)OC[C@H](OC(C)=O)C1O[C@@H](OP(=O)(O)O)C(OC(C)=O)[C@@H](C)[C@@H]1C.CC(=O)OC[C@H](OC(C)=O)C1O[C@@H](OP(=O)(O)OP(=O)(O)OC[C@H]2O[C@@H](n3cnc4c(N)ncnc43)C(O)[C@H]2O)C(OC(C)=O)[C@@H](C)[C@@H]1C.CC1(C)OC2[C@@H](O1)[C@@H](COP(=O)(O)N1CCOCC1)O[C@H]2n1cnc2c(N)ncnc21.CCN(CC)CC. The molecule has 764 valence electrons. The molecule has 9 unspecified atom stereocenters. The average molecular weight is 2000 g/mol. The Morgan fingerprint density at radius 1 is 0.548 bits per heavy atom. The highest BCUT2D eigenvalue weighted by molar-refractivity contribution is 7.61. The number of phosphoric ester groups is 3. The number of aliphatic hydroxyl groups is 2. The standard InChI is InChI=1S/C25H37N5O17P2.C17H25N6O7P.C17H31N3O.C15H25O11P.C6H15N/c1-10-11(2)21(43-14(5)33)25(45-20(10)16(42-13(4)32)6-40-12(3)31)46-49(38,39)47-48(36,37)41-7-15-18(34)19(35)24(44-15)30-9-29-17-22(26)27-8-28-23(17)30;1-17(2)29-12-10(7-27-31(24,25)22-3-5-26-6-4-22)28-16(13(12)30-17)23-9-21-11-14(18)19-8-20-15(11)23;1-3-7-15(8-4-1)18-17(20-11-13-21-14-12-20)19-16-9-5-2-6-10-16;1-7-8(2)14(24-11(5)18)15(26-27(19,20)21)25-13(7)12(23-10(4)17)6-22-9(3)16;1-4-7(5-2)6-3/h8-11,15-16,18-21,24-25,34-35H,6-7H2,1-5H3,(H,36,37)(H,38,39)(H2,26,27,28);8-10,12-13,16H,3-7H2,1-2H3,(H,24,25)(H2,18,19,20);15-16H,1-14H2,(H,18,19);7-8,12-15H,6H2,1-5H3,(H2,19,20,21);4-6H2,1-3H3/t10-,11-,15+,16-,18-,19?,20?,21?,24+,25-;10-,12+,13?,16-;;7-,8-,12-,13?,14?,15-;/m01.0./s1. The second kappa shape index (κ2) is 50.8. The van der Waals surface area contributed by atoms with Crippen molar-refractivity contribution in [3.8, 4) is 0 Å². The Labute approximate surface area is 781 Å². The Morgan fingerprint density at radius 3 is 1.46 bits per heavy atom. The maximum absolute atomic E-state index is 13.0. The number of hydrogen-bond donors (Lipinski definition) is 10. The minimum Gasteiger partial charge on any atom is -0.462 e. The highest BCUT2D eigenvalue weighted by atomic mass is 31.3. The van der Waals surface area contributed by atoms with E-state index in [1.807, 2.05) is 0 Å². The number of aliphatic imine (C=N–C) groups is 1. The normalized spacial score (nSPS) is 29.7. The predicted octanol–water partition coefficient (Wildman–Crippen LogP) is 4.77. The number of nitrogens with two attached hydrogens (primary N) is 2. The first-order valence-electron chi connectivity index (χ1n) is 44.9. The number of aliphatic hydroxyl groups excluding tert-OH is 2. The number of carbonyl (C=O) groups is 6. The van der Waals surface area contributed by atoms with Gasteiger partial charge in [0.2, 0.25) is 12.6 Å². The molecule has 0 amide bonds. The number of rotatable bonds is 30. The van der Waals surface area contributed by atoms with E-state index in [0.29, 0.717) is 49.6 Å². The fraction of sp³-hybridized carbons (Fsp3) is 0.787. The largest absolute Gasteiger partial charge is 0.483 e. The monoisotopic (exact) mass is 2000 g/mol. The van der Waals surface area contributed by atoms with Gasteiger partial charge in [-0.1, -0.05) is 87.0 Å². The van der Waals surface area contributed by atoms with Crippen LogP contribution in [0.25, 0.3) is 22.3 Å². The highest BCUT2D eigenvalue weighted by Gasteiger charge is 2.58. The average Bonchev–Trinajstić information content (AvgIpc) is 1.05. The van der Waals surface area contributed by atoms with E-state index in [0.717, 1.165) is 67.2 Å². The van der Waals surface area contributed by atoms with Crippen LogP contribution in [0.1, 0.15) is 181 Å². The van der Waals surface area contributed by atoms with Crippen LogP contribution in [0.3, 0.4) is 0 Å². The molecule has 23 atom stereocenters. The summed E-state index contributed by atoms with van der Waals surface area (Å²) in [7, 11) is -20.1. The number of esters is 6. The summed E-state index contributed by atoms with van der Waals surface area (Å²) in [6.45, 7) is 30.2. The summed E-state index contributed by atoms with van der Waals surface area (Å²) in [5, 5.41) is 24.9. The maximum atomic E-state index is 13.0. The highest BCUT2D eigenvalue weighted by Crippen LogP contribution is 2.62. The van der Waals surface area contributed by atoms with Crippen molar-refractivity contribution in [2.45, 2.75) is 284 Å². The third-order valence-electron chi connectivity index (χ3n) is 23.8. The number of fused-ring (bicyclic) bond motifs is 3. The van der Waals surface area contributed by atoms with Gasteiger partial charge >= 0.3 is 67.0 Å². The van der Waals surface area contributed by atoms with E-state index in [-0.39, 0.29) is 36.0 Å².